The predicted molar refractivity (Wildman–Crippen MR) is 83.9 cm³/mol. The van der Waals surface area contributed by atoms with Crippen molar-refractivity contribution in [1.29, 1.82) is 0 Å². The van der Waals surface area contributed by atoms with E-state index in [1.54, 1.807) is 11.3 Å². The van der Waals surface area contributed by atoms with E-state index < -0.39 is 0 Å². The van der Waals surface area contributed by atoms with Gasteiger partial charge in [-0.2, -0.15) is 0 Å². The van der Waals surface area contributed by atoms with Crippen LogP contribution in [0.25, 0.3) is 0 Å². The zero-order valence-corrected chi connectivity index (χ0v) is 13.2. The Morgan fingerprint density at radius 1 is 1.38 bits per heavy atom. The summed E-state index contributed by atoms with van der Waals surface area (Å²) in [4.78, 5) is 21.3. The fraction of sp³-hybridized carbons (Fsp3) is 0.600. The Morgan fingerprint density at radius 3 is 2.71 bits per heavy atom. The van der Waals surface area contributed by atoms with Gasteiger partial charge in [-0.15, -0.1) is 11.3 Å². The van der Waals surface area contributed by atoms with Crippen LogP contribution in [0.15, 0.2) is 17.5 Å². The standard InChI is InChI=1S/C15H22N4OS/c1-11-17-14(10-21-11)9-18-4-6-19(7-5-18)15(20)12-2-3-13(16)8-12/h2-3,10,12-13H,4-9,16H2,1H3. The van der Waals surface area contributed by atoms with E-state index >= 15 is 0 Å². The third kappa shape index (κ3) is 3.51. The van der Waals surface area contributed by atoms with Gasteiger partial charge in [-0.1, -0.05) is 12.2 Å². The van der Waals surface area contributed by atoms with Gasteiger partial charge >= 0.3 is 0 Å². The highest BCUT2D eigenvalue weighted by molar-refractivity contribution is 7.09. The summed E-state index contributed by atoms with van der Waals surface area (Å²) >= 11 is 1.69. The molecule has 2 unspecified atom stereocenters. The molecule has 5 nitrogen and oxygen atoms in total. The normalized spacial score (nSPS) is 26.5. The molecule has 1 amide bonds. The van der Waals surface area contributed by atoms with Gasteiger partial charge in [0.05, 0.1) is 16.6 Å². The highest BCUT2D eigenvalue weighted by Crippen LogP contribution is 2.20. The van der Waals surface area contributed by atoms with Gasteiger partial charge in [0, 0.05) is 44.1 Å². The van der Waals surface area contributed by atoms with Crippen LogP contribution in [0.2, 0.25) is 0 Å². The van der Waals surface area contributed by atoms with Crippen molar-refractivity contribution in [3.05, 3.63) is 28.2 Å². The monoisotopic (exact) mass is 306 g/mol. The van der Waals surface area contributed by atoms with Crippen LogP contribution in [0.1, 0.15) is 17.1 Å². The van der Waals surface area contributed by atoms with Crippen molar-refractivity contribution in [2.75, 3.05) is 26.2 Å². The molecule has 21 heavy (non-hydrogen) atoms. The Kier molecular flexibility index (Phi) is 4.37. The van der Waals surface area contributed by atoms with E-state index in [2.05, 4.69) is 15.3 Å². The molecule has 114 valence electrons. The first-order valence-corrected chi connectivity index (χ1v) is 8.36. The molecule has 0 aromatic carbocycles. The van der Waals surface area contributed by atoms with Crippen molar-refractivity contribution in [3.63, 3.8) is 0 Å². The summed E-state index contributed by atoms with van der Waals surface area (Å²) < 4.78 is 0. The number of piperazine rings is 1. The summed E-state index contributed by atoms with van der Waals surface area (Å²) in [5.74, 6) is 0.232. The maximum absolute atomic E-state index is 12.4. The number of hydrogen-bond acceptors (Lipinski definition) is 5. The van der Waals surface area contributed by atoms with Crippen LogP contribution in [0.4, 0.5) is 0 Å². The summed E-state index contributed by atoms with van der Waals surface area (Å²) in [7, 11) is 0. The number of rotatable bonds is 3. The quantitative estimate of drug-likeness (QED) is 0.846. The lowest BCUT2D eigenvalue weighted by Crippen LogP contribution is -2.49. The van der Waals surface area contributed by atoms with E-state index in [9.17, 15) is 4.79 Å². The van der Waals surface area contributed by atoms with Crippen LogP contribution in [0.5, 0.6) is 0 Å². The number of carbonyl (C=O) groups excluding carboxylic acids is 1. The number of amides is 1. The Bertz CT molecular complexity index is 534. The Balaban J connectivity index is 1.48. The largest absolute Gasteiger partial charge is 0.340 e. The van der Waals surface area contributed by atoms with Crippen molar-refractivity contribution in [1.82, 2.24) is 14.8 Å². The zero-order valence-electron chi connectivity index (χ0n) is 12.4. The van der Waals surface area contributed by atoms with Crippen LogP contribution in [-0.2, 0) is 11.3 Å². The molecular formula is C15H22N4OS. The van der Waals surface area contributed by atoms with Crippen molar-refractivity contribution in [2.45, 2.75) is 25.9 Å². The van der Waals surface area contributed by atoms with E-state index in [-0.39, 0.29) is 17.9 Å². The lowest BCUT2D eigenvalue weighted by atomic mass is 10.1. The molecule has 1 aliphatic carbocycles. The molecule has 2 N–H and O–H groups in total. The lowest BCUT2D eigenvalue weighted by molar-refractivity contribution is -0.135. The maximum Gasteiger partial charge on any atom is 0.229 e. The SMILES string of the molecule is Cc1nc(CN2CCN(C(=O)C3C=CC(N)C3)CC2)cs1. The highest BCUT2D eigenvalue weighted by Gasteiger charge is 2.29. The number of aromatic nitrogens is 1. The van der Waals surface area contributed by atoms with E-state index in [4.69, 9.17) is 5.73 Å². The summed E-state index contributed by atoms with van der Waals surface area (Å²) in [6.45, 7) is 6.38. The Labute approximate surface area is 129 Å². The Hall–Kier alpha value is -1.24. The summed E-state index contributed by atoms with van der Waals surface area (Å²) in [5, 5.41) is 3.24. The average molecular weight is 306 g/mol. The lowest BCUT2D eigenvalue weighted by Gasteiger charge is -2.35. The molecule has 6 heteroatoms. The number of hydrogen-bond donors (Lipinski definition) is 1. The second-order valence-electron chi connectivity index (χ2n) is 5.85. The second kappa shape index (κ2) is 6.25. The van der Waals surface area contributed by atoms with Gasteiger partial charge in [-0.05, 0) is 13.3 Å². The minimum absolute atomic E-state index is 0.00672. The Morgan fingerprint density at radius 2 is 2.14 bits per heavy atom. The summed E-state index contributed by atoms with van der Waals surface area (Å²) in [5.41, 5.74) is 6.97. The van der Waals surface area contributed by atoms with Gasteiger partial charge in [0.25, 0.3) is 0 Å². The molecule has 2 atom stereocenters. The van der Waals surface area contributed by atoms with E-state index in [1.807, 2.05) is 24.0 Å². The van der Waals surface area contributed by atoms with Gasteiger partial charge in [0.2, 0.25) is 5.91 Å². The van der Waals surface area contributed by atoms with E-state index in [0.29, 0.717) is 0 Å². The first kappa shape index (κ1) is 14.7. The second-order valence-corrected chi connectivity index (χ2v) is 6.91. The van der Waals surface area contributed by atoms with Gasteiger partial charge < -0.3 is 10.6 Å². The van der Waals surface area contributed by atoms with Crippen LogP contribution < -0.4 is 5.73 Å². The molecule has 3 rings (SSSR count). The van der Waals surface area contributed by atoms with E-state index in [0.717, 1.165) is 49.8 Å². The molecule has 0 radical (unpaired) electrons. The fourth-order valence-corrected chi connectivity index (χ4v) is 3.58. The van der Waals surface area contributed by atoms with Crippen LogP contribution >= 0.6 is 11.3 Å². The molecule has 1 aromatic heterocycles. The molecule has 1 fully saturated rings. The highest BCUT2D eigenvalue weighted by atomic mass is 32.1. The first-order chi connectivity index (χ1) is 10.1. The minimum Gasteiger partial charge on any atom is -0.340 e. The van der Waals surface area contributed by atoms with Gasteiger partial charge in [-0.25, -0.2) is 4.98 Å². The van der Waals surface area contributed by atoms with Gasteiger partial charge in [0.15, 0.2) is 0 Å². The smallest absolute Gasteiger partial charge is 0.229 e. The molecule has 1 saturated heterocycles. The molecule has 1 aliphatic heterocycles. The number of nitrogens with two attached hydrogens (primary N) is 1. The molecule has 0 spiro atoms. The van der Waals surface area contributed by atoms with Gasteiger partial charge in [0.1, 0.15) is 0 Å². The van der Waals surface area contributed by atoms with Crippen molar-refractivity contribution in [3.8, 4) is 0 Å². The third-order valence-electron chi connectivity index (χ3n) is 4.17. The molecule has 0 bridgehead atoms. The topological polar surface area (TPSA) is 62.5 Å². The summed E-state index contributed by atoms with van der Waals surface area (Å²) in [6, 6.07) is 0.0492. The van der Waals surface area contributed by atoms with Crippen molar-refractivity contribution in [2.24, 2.45) is 11.7 Å². The molecular weight excluding hydrogens is 284 g/mol. The minimum atomic E-state index is -0.00672. The van der Waals surface area contributed by atoms with Crippen molar-refractivity contribution >= 4 is 17.2 Å². The molecule has 0 saturated carbocycles. The van der Waals surface area contributed by atoms with E-state index in [1.165, 1.54) is 0 Å². The number of nitrogens with zero attached hydrogens (tertiary/aromatic N) is 3. The maximum atomic E-state index is 12.4. The average Bonchev–Trinajstić information content (AvgIpc) is 3.08. The van der Waals surface area contributed by atoms with Crippen LogP contribution in [0, 0.1) is 12.8 Å². The number of carbonyl (C=O) groups is 1. The van der Waals surface area contributed by atoms with Crippen molar-refractivity contribution < 1.29 is 4.79 Å². The summed E-state index contributed by atoms with van der Waals surface area (Å²) in [6.07, 6.45) is 4.68. The predicted octanol–water partition coefficient (Wildman–Crippen LogP) is 0.999. The zero-order chi connectivity index (χ0) is 14.8. The molecule has 2 heterocycles. The fourth-order valence-electron chi connectivity index (χ4n) is 2.98. The third-order valence-corrected chi connectivity index (χ3v) is 4.99. The van der Waals surface area contributed by atoms with Crippen LogP contribution in [-0.4, -0.2) is 52.9 Å². The number of aryl methyl sites for hydroxylation is 1. The number of thiazole rings is 1. The first-order valence-electron chi connectivity index (χ1n) is 7.48. The molecule has 2 aliphatic rings. The van der Waals surface area contributed by atoms with Gasteiger partial charge in [-0.3, -0.25) is 9.69 Å². The molecule has 1 aromatic rings. The van der Waals surface area contributed by atoms with Crippen LogP contribution in [0.3, 0.4) is 0 Å².